The SMILES string of the molecule is CCN1CCC(NC(=O)c2cn[nH]n2)CC1. The molecule has 16 heavy (non-hydrogen) atoms. The first kappa shape index (κ1) is 11.1. The predicted octanol–water partition coefficient (Wildman–Crippen LogP) is 0.0188. The van der Waals surface area contributed by atoms with Crippen LogP contribution in [-0.2, 0) is 0 Å². The molecular formula is C10H17N5O. The lowest BCUT2D eigenvalue weighted by molar-refractivity contribution is 0.0907. The maximum Gasteiger partial charge on any atom is 0.273 e. The van der Waals surface area contributed by atoms with E-state index in [1.165, 1.54) is 6.20 Å². The summed E-state index contributed by atoms with van der Waals surface area (Å²) in [4.78, 5) is 14.1. The summed E-state index contributed by atoms with van der Waals surface area (Å²) in [6.07, 6.45) is 3.46. The molecule has 1 fully saturated rings. The molecule has 6 heteroatoms. The number of carbonyl (C=O) groups excluding carboxylic acids is 1. The molecule has 2 rings (SSSR count). The normalized spacial score (nSPS) is 18.6. The third kappa shape index (κ3) is 2.57. The lowest BCUT2D eigenvalue weighted by Gasteiger charge is -2.31. The van der Waals surface area contributed by atoms with E-state index in [9.17, 15) is 4.79 Å². The third-order valence-corrected chi connectivity index (χ3v) is 3.02. The lowest BCUT2D eigenvalue weighted by atomic mass is 10.1. The summed E-state index contributed by atoms with van der Waals surface area (Å²) in [6.45, 7) is 5.36. The maximum absolute atomic E-state index is 11.7. The van der Waals surface area contributed by atoms with Gasteiger partial charge in [0, 0.05) is 19.1 Å². The van der Waals surface area contributed by atoms with Crippen LogP contribution in [0.25, 0.3) is 0 Å². The number of aromatic amines is 1. The van der Waals surface area contributed by atoms with Crippen molar-refractivity contribution in [3.63, 3.8) is 0 Å². The molecule has 0 aromatic carbocycles. The van der Waals surface area contributed by atoms with Gasteiger partial charge < -0.3 is 10.2 Å². The molecule has 1 aliphatic rings. The van der Waals surface area contributed by atoms with Crippen molar-refractivity contribution in [3.8, 4) is 0 Å². The number of hydrogen-bond acceptors (Lipinski definition) is 4. The van der Waals surface area contributed by atoms with Crippen molar-refractivity contribution < 1.29 is 4.79 Å². The van der Waals surface area contributed by atoms with E-state index in [1.807, 2.05) is 0 Å². The highest BCUT2D eigenvalue weighted by atomic mass is 16.2. The van der Waals surface area contributed by atoms with Crippen molar-refractivity contribution in [3.05, 3.63) is 11.9 Å². The first-order valence-corrected chi connectivity index (χ1v) is 5.68. The minimum absolute atomic E-state index is 0.135. The summed E-state index contributed by atoms with van der Waals surface area (Å²) in [7, 11) is 0. The van der Waals surface area contributed by atoms with Crippen LogP contribution in [0.15, 0.2) is 6.20 Å². The summed E-state index contributed by atoms with van der Waals surface area (Å²) >= 11 is 0. The van der Waals surface area contributed by atoms with Crippen molar-refractivity contribution in [2.24, 2.45) is 0 Å². The Bertz CT molecular complexity index is 329. The smallest absolute Gasteiger partial charge is 0.273 e. The Balaban J connectivity index is 1.81. The zero-order valence-corrected chi connectivity index (χ0v) is 9.44. The van der Waals surface area contributed by atoms with E-state index in [0.29, 0.717) is 5.69 Å². The zero-order valence-electron chi connectivity index (χ0n) is 9.44. The fourth-order valence-electron chi connectivity index (χ4n) is 1.96. The van der Waals surface area contributed by atoms with E-state index >= 15 is 0 Å². The van der Waals surface area contributed by atoms with Crippen molar-refractivity contribution >= 4 is 5.91 Å². The minimum Gasteiger partial charge on any atom is -0.348 e. The monoisotopic (exact) mass is 223 g/mol. The number of amides is 1. The molecule has 0 atom stereocenters. The van der Waals surface area contributed by atoms with Crippen molar-refractivity contribution in [1.82, 2.24) is 25.6 Å². The predicted molar refractivity (Wildman–Crippen MR) is 59.0 cm³/mol. The molecule has 1 aromatic heterocycles. The molecule has 1 aliphatic heterocycles. The molecule has 0 aliphatic carbocycles. The number of nitrogens with zero attached hydrogens (tertiary/aromatic N) is 3. The van der Waals surface area contributed by atoms with E-state index in [2.05, 4.69) is 32.6 Å². The van der Waals surface area contributed by atoms with Gasteiger partial charge >= 0.3 is 0 Å². The lowest BCUT2D eigenvalue weighted by Crippen LogP contribution is -2.44. The second-order valence-corrected chi connectivity index (χ2v) is 4.04. The zero-order chi connectivity index (χ0) is 11.4. The van der Waals surface area contributed by atoms with Crippen LogP contribution in [0, 0.1) is 0 Å². The number of nitrogens with one attached hydrogen (secondary N) is 2. The van der Waals surface area contributed by atoms with Gasteiger partial charge in [-0.1, -0.05) is 6.92 Å². The first-order chi connectivity index (χ1) is 7.79. The van der Waals surface area contributed by atoms with E-state index in [0.717, 1.165) is 32.5 Å². The number of aromatic nitrogens is 3. The van der Waals surface area contributed by atoms with Gasteiger partial charge in [0.1, 0.15) is 0 Å². The molecule has 1 aromatic rings. The third-order valence-electron chi connectivity index (χ3n) is 3.02. The van der Waals surface area contributed by atoms with Gasteiger partial charge in [0.25, 0.3) is 5.91 Å². The molecule has 0 saturated carbocycles. The highest BCUT2D eigenvalue weighted by Crippen LogP contribution is 2.10. The van der Waals surface area contributed by atoms with Gasteiger partial charge in [-0.15, -0.1) is 0 Å². The van der Waals surface area contributed by atoms with Gasteiger partial charge in [0.15, 0.2) is 5.69 Å². The summed E-state index contributed by atoms with van der Waals surface area (Å²) in [6, 6.07) is 0.270. The van der Waals surface area contributed by atoms with Crippen molar-refractivity contribution in [2.45, 2.75) is 25.8 Å². The van der Waals surface area contributed by atoms with Crippen LogP contribution in [0.4, 0.5) is 0 Å². The van der Waals surface area contributed by atoms with Crippen LogP contribution >= 0.6 is 0 Å². The Hall–Kier alpha value is -1.43. The maximum atomic E-state index is 11.7. The molecule has 2 heterocycles. The van der Waals surface area contributed by atoms with Gasteiger partial charge in [-0.2, -0.15) is 15.4 Å². The van der Waals surface area contributed by atoms with Crippen LogP contribution in [-0.4, -0.2) is 51.9 Å². The largest absolute Gasteiger partial charge is 0.348 e. The van der Waals surface area contributed by atoms with Gasteiger partial charge in [0.2, 0.25) is 0 Å². The molecule has 88 valence electrons. The van der Waals surface area contributed by atoms with Crippen LogP contribution in [0.5, 0.6) is 0 Å². The molecule has 0 bridgehead atoms. The summed E-state index contributed by atoms with van der Waals surface area (Å²) in [5.74, 6) is -0.135. The number of likely N-dealkylation sites (tertiary alicyclic amines) is 1. The van der Waals surface area contributed by atoms with E-state index in [4.69, 9.17) is 0 Å². The molecule has 0 unspecified atom stereocenters. The highest BCUT2D eigenvalue weighted by molar-refractivity contribution is 5.91. The van der Waals surface area contributed by atoms with Gasteiger partial charge in [-0.3, -0.25) is 4.79 Å². The molecule has 0 radical (unpaired) electrons. The van der Waals surface area contributed by atoms with Crippen LogP contribution in [0.1, 0.15) is 30.3 Å². The van der Waals surface area contributed by atoms with Gasteiger partial charge in [-0.25, -0.2) is 0 Å². The molecule has 1 amide bonds. The molecule has 2 N–H and O–H groups in total. The Morgan fingerprint density at radius 1 is 1.62 bits per heavy atom. The van der Waals surface area contributed by atoms with Crippen LogP contribution in [0.2, 0.25) is 0 Å². The summed E-state index contributed by atoms with van der Waals surface area (Å²) in [5, 5.41) is 12.8. The average molecular weight is 223 g/mol. The van der Waals surface area contributed by atoms with Gasteiger partial charge in [-0.05, 0) is 19.4 Å². The number of H-pyrrole nitrogens is 1. The second kappa shape index (κ2) is 5.07. The Kier molecular flexibility index (Phi) is 3.51. The Morgan fingerprint density at radius 2 is 2.38 bits per heavy atom. The van der Waals surface area contributed by atoms with E-state index < -0.39 is 0 Å². The number of hydrogen-bond donors (Lipinski definition) is 2. The minimum atomic E-state index is -0.135. The van der Waals surface area contributed by atoms with E-state index in [1.54, 1.807) is 0 Å². The van der Waals surface area contributed by atoms with Crippen LogP contribution in [0.3, 0.4) is 0 Å². The summed E-state index contributed by atoms with van der Waals surface area (Å²) in [5.41, 5.74) is 0.359. The highest BCUT2D eigenvalue weighted by Gasteiger charge is 2.20. The molecule has 0 spiro atoms. The molecular weight excluding hydrogens is 206 g/mol. The molecule has 1 saturated heterocycles. The van der Waals surface area contributed by atoms with Crippen molar-refractivity contribution in [1.29, 1.82) is 0 Å². The van der Waals surface area contributed by atoms with Crippen molar-refractivity contribution in [2.75, 3.05) is 19.6 Å². The van der Waals surface area contributed by atoms with Gasteiger partial charge in [0.05, 0.1) is 6.20 Å². The molecule has 6 nitrogen and oxygen atoms in total. The average Bonchev–Trinajstić information content (AvgIpc) is 2.83. The Morgan fingerprint density at radius 3 is 2.94 bits per heavy atom. The fraction of sp³-hybridized carbons (Fsp3) is 0.700. The Labute approximate surface area is 94.4 Å². The standard InChI is InChI=1S/C10H17N5O/c1-2-15-5-3-8(4-6-15)12-10(16)9-7-11-14-13-9/h7-8H,2-6H2,1H3,(H,12,16)(H,11,13,14). The number of piperidine rings is 1. The quantitative estimate of drug-likeness (QED) is 0.757. The topological polar surface area (TPSA) is 73.9 Å². The summed E-state index contributed by atoms with van der Waals surface area (Å²) < 4.78 is 0. The first-order valence-electron chi connectivity index (χ1n) is 5.68. The van der Waals surface area contributed by atoms with E-state index in [-0.39, 0.29) is 11.9 Å². The van der Waals surface area contributed by atoms with Crippen LogP contribution < -0.4 is 5.32 Å². The fourth-order valence-corrected chi connectivity index (χ4v) is 1.96. The number of rotatable bonds is 3. The second-order valence-electron chi connectivity index (χ2n) is 4.04. The number of carbonyl (C=O) groups is 1.